The molecule has 0 fully saturated rings. The predicted molar refractivity (Wildman–Crippen MR) is 74.7 cm³/mol. The van der Waals surface area contributed by atoms with Crippen LogP contribution in [-0.2, 0) is 9.53 Å². The zero-order valence-electron chi connectivity index (χ0n) is 12.3. The Hall–Kier alpha value is -1.46. The van der Waals surface area contributed by atoms with E-state index in [-0.39, 0.29) is 17.8 Å². The summed E-state index contributed by atoms with van der Waals surface area (Å²) in [5, 5.41) is 13.6. The standard InChI is InChI=1S/C15H22FNO3/c1-15(2,3)17-12(9-13(18)20-4)14(19)10-5-7-11(16)8-6-10/h5-8,12,14,17,19H,9H2,1-4H3. The fraction of sp³-hybridized carbons (Fsp3) is 0.533. The maximum absolute atomic E-state index is 12.9. The number of aliphatic hydroxyl groups excluding tert-OH is 1. The topological polar surface area (TPSA) is 58.6 Å². The van der Waals surface area contributed by atoms with Crippen LogP contribution in [0.1, 0.15) is 38.9 Å². The zero-order chi connectivity index (χ0) is 15.3. The molecule has 4 nitrogen and oxygen atoms in total. The first-order chi connectivity index (χ1) is 9.23. The average Bonchev–Trinajstić information content (AvgIpc) is 2.36. The van der Waals surface area contributed by atoms with Crippen LogP contribution in [0, 0.1) is 5.82 Å². The van der Waals surface area contributed by atoms with Gasteiger partial charge in [-0.25, -0.2) is 4.39 Å². The van der Waals surface area contributed by atoms with Crippen LogP contribution in [0.3, 0.4) is 0 Å². The number of nitrogens with one attached hydrogen (secondary N) is 1. The van der Waals surface area contributed by atoms with E-state index >= 15 is 0 Å². The Morgan fingerprint density at radius 1 is 1.35 bits per heavy atom. The molecular formula is C15H22FNO3. The molecule has 1 aromatic rings. The van der Waals surface area contributed by atoms with Gasteiger partial charge in [0.15, 0.2) is 0 Å². The molecule has 0 bridgehead atoms. The minimum Gasteiger partial charge on any atom is -0.469 e. The smallest absolute Gasteiger partial charge is 0.307 e. The van der Waals surface area contributed by atoms with Crippen LogP contribution in [0.4, 0.5) is 4.39 Å². The van der Waals surface area contributed by atoms with Gasteiger partial charge in [0.1, 0.15) is 5.82 Å². The van der Waals surface area contributed by atoms with Gasteiger partial charge in [0.2, 0.25) is 0 Å². The summed E-state index contributed by atoms with van der Waals surface area (Å²) < 4.78 is 17.6. The van der Waals surface area contributed by atoms with Crippen LogP contribution in [-0.4, -0.2) is 29.8 Å². The average molecular weight is 283 g/mol. The number of benzene rings is 1. The van der Waals surface area contributed by atoms with E-state index in [9.17, 15) is 14.3 Å². The maximum Gasteiger partial charge on any atom is 0.307 e. The highest BCUT2D eigenvalue weighted by Gasteiger charge is 2.27. The van der Waals surface area contributed by atoms with Crippen molar-refractivity contribution in [1.29, 1.82) is 0 Å². The molecule has 0 saturated carbocycles. The summed E-state index contributed by atoms with van der Waals surface area (Å²) in [5.74, 6) is -0.776. The molecule has 20 heavy (non-hydrogen) atoms. The summed E-state index contributed by atoms with van der Waals surface area (Å²) in [5.41, 5.74) is 0.275. The Bertz CT molecular complexity index is 439. The lowest BCUT2D eigenvalue weighted by Gasteiger charge is -2.31. The molecule has 0 aliphatic heterocycles. The van der Waals surface area contributed by atoms with Gasteiger partial charge in [-0.1, -0.05) is 12.1 Å². The number of rotatable bonds is 5. The SMILES string of the molecule is COC(=O)CC(NC(C)(C)C)C(O)c1ccc(F)cc1. The van der Waals surface area contributed by atoms with Crippen molar-refractivity contribution in [1.82, 2.24) is 5.32 Å². The van der Waals surface area contributed by atoms with Gasteiger partial charge in [0, 0.05) is 11.6 Å². The fourth-order valence-electron chi connectivity index (χ4n) is 1.95. The Balaban J connectivity index is 2.90. The van der Waals surface area contributed by atoms with E-state index in [2.05, 4.69) is 10.1 Å². The summed E-state index contributed by atoms with van der Waals surface area (Å²) in [6.45, 7) is 5.82. The molecule has 5 heteroatoms. The summed E-state index contributed by atoms with van der Waals surface area (Å²) >= 11 is 0. The molecule has 0 saturated heterocycles. The van der Waals surface area contributed by atoms with Crippen molar-refractivity contribution in [2.45, 2.75) is 44.9 Å². The number of carbonyl (C=O) groups excluding carboxylic acids is 1. The molecule has 1 rings (SSSR count). The largest absolute Gasteiger partial charge is 0.469 e. The fourth-order valence-corrected chi connectivity index (χ4v) is 1.95. The van der Waals surface area contributed by atoms with Crippen molar-refractivity contribution in [2.24, 2.45) is 0 Å². The van der Waals surface area contributed by atoms with Gasteiger partial charge in [-0.3, -0.25) is 4.79 Å². The summed E-state index contributed by atoms with van der Waals surface area (Å²) in [4.78, 5) is 11.5. The Labute approximate surface area is 119 Å². The summed E-state index contributed by atoms with van der Waals surface area (Å²) in [6, 6.07) is 5.08. The van der Waals surface area contributed by atoms with Crippen molar-refractivity contribution in [2.75, 3.05) is 7.11 Å². The van der Waals surface area contributed by atoms with Crippen molar-refractivity contribution in [3.8, 4) is 0 Å². The number of hydrogen-bond acceptors (Lipinski definition) is 4. The Morgan fingerprint density at radius 2 is 1.90 bits per heavy atom. The first kappa shape index (κ1) is 16.6. The number of carbonyl (C=O) groups is 1. The molecule has 2 unspecified atom stereocenters. The molecule has 2 N–H and O–H groups in total. The second-order valence-corrected chi connectivity index (χ2v) is 5.78. The lowest BCUT2D eigenvalue weighted by molar-refractivity contribution is -0.142. The van der Waals surface area contributed by atoms with E-state index in [4.69, 9.17) is 0 Å². The van der Waals surface area contributed by atoms with E-state index in [0.717, 1.165) is 0 Å². The van der Waals surface area contributed by atoms with Crippen LogP contribution in [0.25, 0.3) is 0 Å². The van der Waals surface area contributed by atoms with E-state index < -0.39 is 18.1 Å². The molecular weight excluding hydrogens is 261 g/mol. The molecule has 0 radical (unpaired) electrons. The highest BCUT2D eigenvalue weighted by Crippen LogP contribution is 2.21. The van der Waals surface area contributed by atoms with Crippen molar-refractivity contribution >= 4 is 5.97 Å². The number of hydrogen-bond donors (Lipinski definition) is 2. The highest BCUT2D eigenvalue weighted by molar-refractivity contribution is 5.70. The Morgan fingerprint density at radius 3 is 2.35 bits per heavy atom. The van der Waals surface area contributed by atoms with Crippen LogP contribution in [0.5, 0.6) is 0 Å². The lowest BCUT2D eigenvalue weighted by Crippen LogP contribution is -2.47. The quantitative estimate of drug-likeness (QED) is 0.813. The van der Waals surface area contributed by atoms with Gasteiger partial charge >= 0.3 is 5.97 Å². The number of esters is 1. The first-order valence-corrected chi connectivity index (χ1v) is 6.51. The highest BCUT2D eigenvalue weighted by atomic mass is 19.1. The Kier molecular flexibility index (Phi) is 5.65. The van der Waals surface area contributed by atoms with Crippen molar-refractivity contribution in [3.05, 3.63) is 35.6 Å². The first-order valence-electron chi connectivity index (χ1n) is 6.51. The third-order valence-electron chi connectivity index (χ3n) is 2.83. The minimum absolute atomic E-state index is 0.0340. The molecule has 0 aliphatic rings. The third kappa shape index (κ3) is 5.27. The lowest BCUT2D eigenvalue weighted by atomic mass is 9.96. The zero-order valence-corrected chi connectivity index (χ0v) is 12.3. The molecule has 0 amide bonds. The maximum atomic E-state index is 12.9. The minimum atomic E-state index is -0.922. The van der Waals surface area contributed by atoms with Gasteiger partial charge in [-0.15, -0.1) is 0 Å². The monoisotopic (exact) mass is 283 g/mol. The van der Waals surface area contributed by atoms with Crippen LogP contribution < -0.4 is 5.32 Å². The number of aliphatic hydroxyl groups is 1. The molecule has 1 aromatic carbocycles. The van der Waals surface area contributed by atoms with Gasteiger partial charge in [-0.2, -0.15) is 0 Å². The van der Waals surface area contributed by atoms with Crippen LogP contribution in [0.2, 0.25) is 0 Å². The molecule has 0 heterocycles. The van der Waals surface area contributed by atoms with E-state index in [0.29, 0.717) is 5.56 Å². The second-order valence-electron chi connectivity index (χ2n) is 5.78. The van der Waals surface area contributed by atoms with Crippen LogP contribution in [0.15, 0.2) is 24.3 Å². The second kappa shape index (κ2) is 6.81. The molecule has 0 aliphatic carbocycles. The number of ether oxygens (including phenoxy) is 1. The predicted octanol–water partition coefficient (Wildman–Crippen LogP) is 2.18. The van der Waals surface area contributed by atoms with Gasteiger partial charge < -0.3 is 15.2 Å². The van der Waals surface area contributed by atoms with E-state index in [1.165, 1.54) is 31.4 Å². The van der Waals surface area contributed by atoms with Crippen molar-refractivity contribution < 1.29 is 19.0 Å². The van der Waals surface area contributed by atoms with Crippen LogP contribution >= 0.6 is 0 Å². The van der Waals surface area contributed by atoms with Gasteiger partial charge in [0.05, 0.1) is 19.6 Å². The third-order valence-corrected chi connectivity index (χ3v) is 2.83. The summed E-state index contributed by atoms with van der Waals surface area (Å²) in [6.07, 6.45) is -0.888. The summed E-state index contributed by atoms with van der Waals surface area (Å²) in [7, 11) is 1.31. The molecule has 112 valence electrons. The van der Waals surface area contributed by atoms with Gasteiger partial charge in [0.25, 0.3) is 0 Å². The van der Waals surface area contributed by atoms with Crippen molar-refractivity contribution in [3.63, 3.8) is 0 Å². The number of halogens is 1. The number of methoxy groups -OCH3 is 1. The van der Waals surface area contributed by atoms with E-state index in [1.54, 1.807) is 0 Å². The normalized spacial score (nSPS) is 14.7. The molecule has 2 atom stereocenters. The van der Waals surface area contributed by atoms with E-state index in [1.807, 2.05) is 20.8 Å². The molecule has 0 aromatic heterocycles. The molecule has 0 spiro atoms. The van der Waals surface area contributed by atoms with Gasteiger partial charge in [-0.05, 0) is 38.5 Å².